The smallest absolute Gasteiger partial charge is 0.307 e. The molecule has 0 fully saturated rings. The molecular formula is C12H13Cl2N3O2. The van der Waals surface area contributed by atoms with Crippen LogP contribution in [0.2, 0.25) is 10.4 Å². The molecule has 102 valence electrons. The van der Waals surface area contributed by atoms with Gasteiger partial charge in [-0.2, -0.15) is 4.98 Å². The highest BCUT2D eigenvalue weighted by molar-refractivity contribution is 6.35. The number of ether oxygens (including phenoxy) is 1. The molecule has 2 aromatic heterocycles. The van der Waals surface area contributed by atoms with Gasteiger partial charge in [-0.15, -0.1) is 0 Å². The number of hydrogen-bond donors (Lipinski definition) is 0. The zero-order valence-corrected chi connectivity index (χ0v) is 11.9. The van der Waals surface area contributed by atoms with Crippen molar-refractivity contribution in [2.75, 3.05) is 0 Å². The monoisotopic (exact) mass is 301 g/mol. The largest absolute Gasteiger partial charge is 0.444 e. The summed E-state index contributed by atoms with van der Waals surface area (Å²) in [4.78, 5) is 19.4. The number of hydrogen-bond acceptors (Lipinski definition) is 4. The number of unbranched alkanes of at least 4 members (excludes halogenated alkanes) is 1. The molecule has 0 aliphatic rings. The highest BCUT2D eigenvalue weighted by atomic mass is 35.5. The van der Waals surface area contributed by atoms with E-state index in [-0.39, 0.29) is 23.1 Å². The van der Waals surface area contributed by atoms with Gasteiger partial charge in [-0.1, -0.05) is 24.9 Å². The lowest BCUT2D eigenvalue weighted by Crippen LogP contribution is -2.09. The minimum atomic E-state index is -0.227. The lowest BCUT2D eigenvalue weighted by Gasteiger charge is -2.06. The number of nitrogens with zero attached hydrogens (tertiary/aromatic N) is 3. The fourth-order valence-corrected chi connectivity index (χ4v) is 2.08. The first kappa shape index (κ1) is 14.1. The van der Waals surface area contributed by atoms with Gasteiger partial charge in [0.15, 0.2) is 6.73 Å². The molecule has 2 aromatic rings. The van der Waals surface area contributed by atoms with Crippen LogP contribution in [0, 0.1) is 0 Å². The fraction of sp³-hybridized carbons (Fsp3) is 0.417. The first-order valence-corrected chi connectivity index (χ1v) is 6.71. The van der Waals surface area contributed by atoms with Gasteiger partial charge in [-0.05, 0) is 24.1 Å². The summed E-state index contributed by atoms with van der Waals surface area (Å²) in [7, 11) is 0. The molecule has 2 rings (SSSR count). The van der Waals surface area contributed by atoms with Crippen LogP contribution in [-0.4, -0.2) is 20.5 Å². The minimum absolute atomic E-state index is 0.0646. The van der Waals surface area contributed by atoms with Crippen LogP contribution >= 0.6 is 23.2 Å². The molecule has 0 saturated carbocycles. The maximum atomic E-state index is 11.4. The molecular weight excluding hydrogens is 289 g/mol. The average Bonchev–Trinajstić information content (AvgIpc) is 2.77. The number of esters is 1. The lowest BCUT2D eigenvalue weighted by molar-refractivity contribution is -0.147. The average molecular weight is 302 g/mol. The summed E-state index contributed by atoms with van der Waals surface area (Å²) in [6.07, 6.45) is 3.94. The topological polar surface area (TPSA) is 57.0 Å². The maximum Gasteiger partial charge on any atom is 0.307 e. The van der Waals surface area contributed by atoms with Crippen molar-refractivity contribution in [2.24, 2.45) is 0 Å². The summed E-state index contributed by atoms with van der Waals surface area (Å²) in [5, 5.41) is 1.02. The summed E-state index contributed by atoms with van der Waals surface area (Å²) in [5.41, 5.74) is 0.549. The number of fused-ring (bicyclic) bond motifs is 1. The zero-order valence-electron chi connectivity index (χ0n) is 10.4. The van der Waals surface area contributed by atoms with Crippen molar-refractivity contribution < 1.29 is 9.53 Å². The van der Waals surface area contributed by atoms with Gasteiger partial charge in [0.1, 0.15) is 10.8 Å². The van der Waals surface area contributed by atoms with Gasteiger partial charge in [0.25, 0.3) is 0 Å². The van der Waals surface area contributed by atoms with E-state index < -0.39 is 0 Å². The summed E-state index contributed by atoms with van der Waals surface area (Å²) >= 11 is 11.7. The zero-order chi connectivity index (χ0) is 13.8. The molecule has 7 heteroatoms. The third-order valence-corrected chi connectivity index (χ3v) is 3.10. The quantitative estimate of drug-likeness (QED) is 0.482. The van der Waals surface area contributed by atoms with Gasteiger partial charge in [0.2, 0.25) is 5.28 Å². The van der Waals surface area contributed by atoms with E-state index in [4.69, 9.17) is 27.9 Å². The van der Waals surface area contributed by atoms with Crippen molar-refractivity contribution in [3.63, 3.8) is 0 Å². The predicted molar refractivity (Wildman–Crippen MR) is 73.2 cm³/mol. The van der Waals surface area contributed by atoms with Gasteiger partial charge in [-0.3, -0.25) is 9.36 Å². The normalized spacial score (nSPS) is 10.9. The molecule has 0 spiro atoms. The van der Waals surface area contributed by atoms with E-state index in [2.05, 4.69) is 9.97 Å². The van der Waals surface area contributed by atoms with Crippen molar-refractivity contribution in [1.29, 1.82) is 0 Å². The summed E-state index contributed by atoms with van der Waals surface area (Å²) < 4.78 is 6.82. The van der Waals surface area contributed by atoms with E-state index >= 15 is 0 Å². The Morgan fingerprint density at radius 1 is 1.42 bits per heavy atom. The fourth-order valence-electron chi connectivity index (χ4n) is 1.64. The molecule has 0 aromatic carbocycles. The number of aromatic nitrogens is 3. The third-order valence-electron chi connectivity index (χ3n) is 2.64. The first-order chi connectivity index (χ1) is 9.11. The van der Waals surface area contributed by atoms with Crippen molar-refractivity contribution in [3.8, 4) is 0 Å². The number of carbonyl (C=O) groups excluding carboxylic acids is 1. The molecule has 5 nitrogen and oxygen atoms in total. The molecule has 0 radical (unpaired) electrons. The standard InChI is InChI=1S/C12H13Cl2N3O2/c1-2-3-4-9(18)19-7-17-6-5-8-10(13)15-12(14)16-11(8)17/h5-6H,2-4,7H2,1H3. The Morgan fingerprint density at radius 2 is 2.21 bits per heavy atom. The second-order valence-electron chi connectivity index (χ2n) is 4.06. The third kappa shape index (κ3) is 3.36. The van der Waals surface area contributed by atoms with Crippen LogP contribution in [0.3, 0.4) is 0 Å². The van der Waals surface area contributed by atoms with Gasteiger partial charge in [-0.25, -0.2) is 4.98 Å². The van der Waals surface area contributed by atoms with E-state index in [0.717, 1.165) is 12.8 Å². The molecule has 0 atom stereocenters. The van der Waals surface area contributed by atoms with Crippen LogP contribution in [-0.2, 0) is 16.3 Å². The van der Waals surface area contributed by atoms with E-state index in [0.29, 0.717) is 17.5 Å². The Hall–Kier alpha value is -1.33. The van der Waals surface area contributed by atoms with Crippen LogP contribution < -0.4 is 0 Å². The van der Waals surface area contributed by atoms with E-state index in [1.165, 1.54) is 0 Å². The van der Waals surface area contributed by atoms with Gasteiger partial charge in [0, 0.05) is 12.6 Å². The molecule has 0 aliphatic heterocycles. The number of halogens is 2. The van der Waals surface area contributed by atoms with Crippen molar-refractivity contribution in [2.45, 2.75) is 32.9 Å². The molecule has 0 bridgehead atoms. The Balaban J connectivity index is 2.11. The number of carbonyl (C=O) groups is 1. The van der Waals surface area contributed by atoms with Crippen LogP contribution in [0.5, 0.6) is 0 Å². The van der Waals surface area contributed by atoms with Crippen LogP contribution in [0.25, 0.3) is 11.0 Å². The molecule has 0 N–H and O–H groups in total. The van der Waals surface area contributed by atoms with Crippen LogP contribution in [0.15, 0.2) is 12.3 Å². The van der Waals surface area contributed by atoms with Gasteiger partial charge in [0.05, 0.1) is 5.39 Å². The molecule has 0 amide bonds. The Morgan fingerprint density at radius 3 is 2.95 bits per heavy atom. The van der Waals surface area contributed by atoms with Crippen molar-refractivity contribution in [3.05, 3.63) is 22.7 Å². The summed E-state index contributed by atoms with van der Waals surface area (Å²) in [6, 6.07) is 1.76. The van der Waals surface area contributed by atoms with Crippen LogP contribution in [0.1, 0.15) is 26.2 Å². The lowest BCUT2D eigenvalue weighted by atomic mass is 10.3. The van der Waals surface area contributed by atoms with Gasteiger partial charge < -0.3 is 4.74 Å². The summed E-state index contributed by atoms with van der Waals surface area (Å²) in [6.45, 7) is 2.11. The van der Waals surface area contributed by atoms with E-state index in [9.17, 15) is 4.79 Å². The van der Waals surface area contributed by atoms with Crippen molar-refractivity contribution >= 4 is 40.2 Å². The highest BCUT2D eigenvalue weighted by Gasteiger charge is 2.10. The predicted octanol–water partition coefficient (Wildman–Crippen LogP) is 3.43. The van der Waals surface area contributed by atoms with Gasteiger partial charge >= 0.3 is 5.97 Å². The molecule has 0 aliphatic carbocycles. The molecule has 19 heavy (non-hydrogen) atoms. The second-order valence-corrected chi connectivity index (χ2v) is 4.75. The Bertz CT molecular complexity index is 598. The Labute approximate surface area is 120 Å². The van der Waals surface area contributed by atoms with Crippen molar-refractivity contribution in [1.82, 2.24) is 14.5 Å². The maximum absolute atomic E-state index is 11.4. The van der Waals surface area contributed by atoms with Crippen LogP contribution in [0.4, 0.5) is 0 Å². The summed E-state index contributed by atoms with van der Waals surface area (Å²) in [5.74, 6) is -0.227. The second kappa shape index (κ2) is 6.21. The SMILES string of the molecule is CCCCC(=O)OCn1ccc2c(Cl)nc(Cl)nc21. The molecule has 0 saturated heterocycles. The molecule has 2 heterocycles. The van der Waals surface area contributed by atoms with E-state index in [1.807, 2.05) is 6.92 Å². The first-order valence-electron chi connectivity index (χ1n) is 5.95. The molecule has 0 unspecified atom stereocenters. The highest BCUT2D eigenvalue weighted by Crippen LogP contribution is 2.23. The van der Waals surface area contributed by atoms with E-state index in [1.54, 1.807) is 16.8 Å². The Kier molecular flexibility index (Phi) is 4.61. The number of rotatable bonds is 5. The minimum Gasteiger partial charge on any atom is -0.444 e.